The molecule has 236 valence electrons. The van der Waals surface area contributed by atoms with Gasteiger partial charge in [0.25, 0.3) is 0 Å². The third-order valence-electron chi connectivity index (χ3n) is 9.20. The molecule has 1 saturated heterocycles. The number of amides is 2. The molecule has 0 N–H and O–H groups in total. The molecular formula is C36H41N3O6. The predicted molar refractivity (Wildman–Crippen MR) is 173 cm³/mol. The number of anilines is 2. The van der Waals surface area contributed by atoms with E-state index >= 15 is 0 Å². The molecule has 0 radical (unpaired) electrons. The SMILES string of the molecule is CCCCCN1C(=O)C2(COc3cc4c(cc32)OCO4)c2c(-c3ccccc3N3CCN(C(=O)OC(C)(C)C)CC3)cccc21. The number of fused-ring (bicyclic) bond motifs is 5. The summed E-state index contributed by atoms with van der Waals surface area (Å²) >= 11 is 0. The first-order valence-electron chi connectivity index (χ1n) is 16.1. The quantitative estimate of drug-likeness (QED) is 0.300. The highest BCUT2D eigenvalue weighted by molar-refractivity contribution is 6.14. The first kappa shape index (κ1) is 29.3. The van der Waals surface area contributed by atoms with Crippen LogP contribution in [0.5, 0.6) is 17.2 Å². The van der Waals surface area contributed by atoms with Gasteiger partial charge in [-0.3, -0.25) is 4.79 Å². The van der Waals surface area contributed by atoms with Crippen molar-refractivity contribution in [2.75, 3.05) is 55.9 Å². The first-order chi connectivity index (χ1) is 21.7. The van der Waals surface area contributed by atoms with Gasteiger partial charge in [0, 0.05) is 66.9 Å². The van der Waals surface area contributed by atoms with Crippen LogP contribution in [-0.4, -0.2) is 68.6 Å². The Morgan fingerprint density at radius 1 is 0.867 bits per heavy atom. The van der Waals surface area contributed by atoms with Crippen LogP contribution in [0.1, 0.15) is 58.1 Å². The van der Waals surface area contributed by atoms with E-state index in [4.69, 9.17) is 18.9 Å². The fourth-order valence-electron chi connectivity index (χ4n) is 7.08. The van der Waals surface area contributed by atoms with Crippen LogP contribution in [0.3, 0.4) is 0 Å². The molecule has 0 bridgehead atoms. The van der Waals surface area contributed by atoms with E-state index in [-0.39, 0.29) is 25.4 Å². The van der Waals surface area contributed by atoms with Crippen LogP contribution >= 0.6 is 0 Å². The van der Waals surface area contributed by atoms with E-state index in [0.717, 1.165) is 52.9 Å². The van der Waals surface area contributed by atoms with Crippen molar-refractivity contribution >= 4 is 23.4 Å². The lowest BCUT2D eigenvalue weighted by Gasteiger charge is -2.37. The molecule has 4 heterocycles. The lowest BCUT2D eigenvalue weighted by Crippen LogP contribution is -2.50. The van der Waals surface area contributed by atoms with Crippen LogP contribution in [0.25, 0.3) is 11.1 Å². The molecule has 1 fully saturated rings. The van der Waals surface area contributed by atoms with E-state index in [2.05, 4.69) is 54.3 Å². The molecule has 9 nitrogen and oxygen atoms in total. The molecule has 1 unspecified atom stereocenters. The van der Waals surface area contributed by atoms with E-state index in [0.29, 0.717) is 50.0 Å². The van der Waals surface area contributed by atoms with Crippen molar-refractivity contribution in [3.8, 4) is 28.4 Å². The van der Waals surface area contributed by atoms with Crippen LogP contribution in [0.4, 0.5) is 16.2 Å². The fraction of sp³-hybridized carbons (Fsp3) is 0.444. The highest BCUT2D eigenvalue weighted by Gasteiger charge is 2.58. The smallest absolute Gasteiger partial charge is 0.410 e. The second kappa shape index (κ2) is 11.2. The third kappa shape index (κ3) is 4.93. The molecule has 0 aromatic heterocycles. The minimum absolute atomic E-state index is 0.0436. The number of nitrogens with zero attached hydrogens (tertiary/aromatic N) is 3. The van der Waals surface area contributed by atoms with Gasteiger partial charge in [0.05, 0.1) is 0 Å². The Labute approximate surface area is 264 Å². The zero-order valence-electron chi connectivity index (χ0n) is 26.6. The van der Waals surface area contributed by atoms with Gasteiger partial charge in [0.2, 0.25) is 12.7 Å². The summed E-state index contributed by atoms with van der Waals surface area (Å²) in [5.74, 6) is 1.98. The van der Waals surface area contributed by atoms with Gasteiger partial charge >= 0.3 is 6.09 Å². The fourth-order valence-corrected chi connectivity index (χ4v) is 7.08. The summed E-state index contributed by atoms with van der Waals surface area (Å²) in [7, 11) is 0. The summed E-state index contributed by atoms with van der Waals surface area (Å²) in [5.41, 5.74) is 4.34. The number of ether oxygens (including phenoxy) is 4. The van der Waals surface area contributed by atoms with Gasteiger partial charge in [-0.25, -0.2) is 4.79 Å². The Bertz CT molecular complexity index is 1640. The van der Waals surface area contributed by atoms with Crippen LogP contribution in [0.2, 0.25) is 0 Å². The number of para-hydroxylation sites is 1. The lowest BCUT2D eigenvalue weighted by atomic mass is 9.74. The van der Waals surface area contributed by atoms with E-state index in [1.165, 1.54) is 0 Å². The number of hydrogen-bond acceptors (Lipinski definition) is 7. The van der Waals surface area contributed by atoms with E-state index < -0.39 is 11.0 Å². The molecule has 9 heteroatoms. The normalized spacial score (nSPS) is 20.0. The lowest BCUT2D eigenvalue weighted by molar-refractivity contribution is -0.122. The molecule has 2 amide bonds. The minimum Gasteiger partial charge on any atom is -0.491 e. The minimum atomic E-state index is -1.00. The topological polar surface area (TPSA) is 80.8 Å². The zero-order valence-corrected chi connectivity index (χ0v) is 26.6. The van der Waals surface area contributed by atoms with Gasteiger partial charge in [0.1, 0.15) is 23.4 Å². The van der Waals surface area contributed by atoms with Crippen LogP contribution < -0.4 is 24.0 Å². The monoisotopic (exact) mass is 611 g/mol. The van der Waals surface area contributed by atoms with Crippen LogP contribution in [0, 0.1) is 0 Å². The Hall–Kier alpha value is -4.40. The number of piperazine rings is 1. The maximum Gasteiger partial charge on any atom is 0.410 e. The number of hydrogen-bond donors (Lipinski definition) is 0. The maximum absolute atomic E-state index is 14.7. The summed E-state index contributed by atoms with van der Waals surface area (Å²) < 4.78 is 23.4. The average molecular weight is 612 g/mol. The number of unbranched alkanes of at least 4 members (excludes halogenated alkanes) is 2. The van der Waals surface area contributed by atoms with Crippen molar-refractivity contribution in [3.05, 3.63) is 65.7 Å². The molecule has 3 aromatic carbocycles. The van der Waals surface area contributed by atoms with Crippen molar-refractivity contribution in [2.24, 2.45) is 0 Å². The van der Waals surface area contributed by atoms with E-state index in [1.54, 1.807) is 4.90 Å². The van der Waals surface area contributed by atoms with E-state index in [1.807, 2.05) is 37.8 Å². The van der Waals surface area contributed by atoms with Crippen LogP contribution in [-0.2, 0) is 14.9 Å². The zero-order chi connectivity index (χ0) is 31.3. The molecule has 45 heavy (non-hydrogen) atoms. The van der Waals surface area contributed by atoms with Crippen molar-refractivity contribution in [1.29, 1.82) is 0 Å². The van der Waals surface area contributed by atoms with Gasteiger partial charge in [-0.05, 0) is 51.0 Å². The summed E-state index contributed by atoms with van der Waals surface area (Å²) in [5, 5.41) is 0. The molecule has 7 rings (SSSR count). The Morgan fingerprint density at radius 2 is 1.58 bits per heavy atom. The summed E-state index contributed by atoms with van der Waals surface area (Å²) in [6.45, 7) is 11.3. The van der Waals surface area contributed by atoms with Gasteiger partial charge in [-0.1, -0.05) is 50.1 Å². The largest absolute Gasteiger partial charge is 0.491 e. The Morgan fingerprint density at radius 3 is 2.33 bits per heavy atom. The molecule has 0 saturated carbocycles. The third-order valence-corrected chi connectivity index (χ3v) is 9.20. The molecule has 1 spiro atoms. The predicted octanol–water partition coefficient (Wildman–Crippen LogP) is 6.35. The molecule has 4 aliphatic rings. The maximum atomic E-state index is 14.7. The van der Waals surface area contributed by atoms with Crippen molar-refractivity contribution in [2.45, 2.75) is 58.0 Å². The Balaban J connectivity index is 1.30. The number of carbonyl (C=O) groups excluding carboxylic acids is 2. The highest BCUT2D eigenvalue weighted by atomic mass is 16.7. The second-order valence-electron chi connectivity index (χ2n) is 13.2. The molecule has 1 atom stereocenters. The number of rotatable bonds is 6. The molecule has 4 aliphatic heterocycles. The highest BCUT2D eigenvalue weighted by Crippen LogP contribution is 2.58. The van der Waals surface area contributed by atoms with Crippen molar-refractivity contribution < 1.29 is 28.5 Å². The van der Waals surface area contributed by atoms with Gasteiger partial charge in [0.15, 0.2) is 11.5 Å². The van der Waals surface area contributed by atoms with Crippen molar-refractivity contribution in [3.63, 3.8) is 0 Å². The molecular weight excluding hydrogens is 570 g/mol. The number of carbonyl (C=O) groups is 2. The van der Waals surface area contributed by atoms with Gasteiger partial charge in [-0.15, -0.1) is 0 Å². The second-order valence-corrected chi connectivity index (χ2v) is 13.2. The standard InChI is InChI=1S/C36H41N3O6/c1-5-6-9-15-39-28-14-10-12-25(32(28)36(33(39)40)22-42-29-21-31-30(20-26(29)36)43-23-44-31)24-11-7-8-13-27(24)37-16-18-38(19-17-37)34(41)45-35(2,3)4/h7-8,10-14,20-21H,5-6,9,15-19,22-23H2,1-4H3. The Kier molecular flexibility index (Phi) is 7.29. The van der Waals surface area contributed by atoms with Gasteiger partial charge in [-0.2, -0.15) is 0 Å². The van der Waals surface area contributed by atoms with Gasteiger partial charge < -0.3 is 33.6 Å². The molecule has 0 aliphatic carbocycles. The number of benzene rings is 3. The van der Waals surface area contributed by atoms with Crippen LogP contribution in [0.15, 0.2) is 54.6 Å². The molecule has 3 aromatic rings. The summed E-state index contributed by atoms with van der Waals surface area (Å²) in [6.07, 6.45) is 2.77. The summed E-state index contributed by atoms with van der Waals surface area (Å²) in [6, 6.07) is 18.4. The summed E-state index contributed by atoms with van der Waals surface area (Å²) in [4.78, 5) is 33.6. The first-order valence-corrected chi connectivity index (χ1v) is 16.1. The van der Waals surface area contributed by atoms with E-state index in [9.17, 15) is 9.59 Å². The average Bonchev–Trinajstić information content (AvgIpc) is 3.71. The van der Waals surface area contributed by atoms with Crippen molar-refractivity contribution in [1.82, 2.24) is 4.90 Å².